The number of hydrogen-bond acceptors (Lipinski definition) is 4. The Balaban J connectivity index is 1.78. The largest absolute Gasteiger partial charge is 0.481 e. The number of hydrogen-bond donors (Lipinski definition) is 3. The van der Waals surface area contributed by atoms with Crippen LogP contribution in [0.5, 0.6) is 0 Å². The molecule has 0 aromatic heterocycles. The summed E-state index contributed by atoms with van der Waals surface area (Å²) >= 11 is 0. The second kappa shape index (κ2) is 6.33. The van der Waals surface area contributed by atoms with Gasteiger partial charge < -0.3 is 20.5 Å². The van der Waals surface area contributed by atoms with Gasteiger partial charge in [-0.3, -0.25) is 9.00 Å². The molecule has 19 heavy (non-hydrogen) atoms. The zero-order valence-electron chi connectivity index (χ0n) is 10.5. The van der Waals surface area contributed by atoms with Gasteiger partial charge in [0.1, 0.15) is 5.92 Å². The highest BCUT2D eigenvalue weighted by atomic mass is 32.2. The molecular weight excluding hydrogens is 272 g/mol. The van der Waals surface area contributed by atoms with Gasteiger partial charge in [-0.05, 0) is 12.8 Å². The SMILES string of the molecule is O=C(NC1CCS(=O)CC1)NC1COCC1C(=O)O. The quantitative estimate of drug-likeness (QED) is 0.637. The minimum atomic E-state index is -0.962. The smallest absolute Gasteiger partial charge is 0.315 e. The van der Waals surface area contributed by atoms with E-state index in [1.807, 2.05) is 0 Å². The Hall–Kier alpha value is -1.15. The lowest BCUT2D eigenvalue weighted by molar-refractivity contribution is -0.142. The highest BCUT2D eigenvalue weighted by molar-refractivity contribution is 7.85. The molecule has 2 aliphatic heterocycles. The van der Waals surface area contributed by atoms with Crippen molar-refractivity contribution in [2.45, 2.75) is 24.9 Å². The number of carbonyl (C=O) groups is 2. The average Bonchev–Trinajstić information content (AvgIpc) is 2.80. The first-order chi connectivity index (χ1) is 9.06. The molecule has 108 valence electrons. The Morgan fingerprint density at radius 2 is 1.84 bits per heavy atom. The molecule has 0 aliphatic carbocycles. The molecule has 2 heterocycles. The van der Waals surface area contributed by atoms with E-state index in [-0.39, 0.29) is 25.3 Å². The number of rotatable bonds is 3. The normalized spacial score (nSPS) is 34.7. The molecule has 7 nitrogen and oxygen atoms in total. The number of nitrogens with one attached hydrogen (secondary N) is 2. The van der Waals surface area contributed by atoms with Crippen molar-refractivity contribution >= 4 is 22.8 Å². The third-order valence-corrected chi connectivity index (χ3v) is 4.82. The molecule has 0 bridgehead atoms. The zero-order valence-corrected chi connectivity index (χ0v) is 11.3. The lowest BCUT2D eigenvalue weighted by atomic mass is 10.0. The van der Waals surface area contributed by atoms with Gasteiger partial charge in [0.15, 0.2) is 0 Å². The van der Waals surface area contributed by atoms with E-state index in [4.69, 9.17) is 9.84 Å². The van der Waals surface area contributed by atoms with E-state index in [0.29, 0.717) is 24.3 Å². The number of amides is 2. The van der Waals surface area contributed by atoms with Crippen molar-refractivity contribution in [1.82, 2.24) is 10.6 Å². The second-order valence-electron chi connectivity index (χ2n) is 4.83. The van der Waals surface area contributed by atoms with Crippen LogP contribution in [0.15, 0.2) is 0 Å². The molecule has 0 radical (unpaired) electrons. The molecule has 2 aliphatic rings. The van der Waals surface area contributed by atoms with Crippen molar-refractivity contribution in [3.8, 4) is 0 Å². The van der Waals surface area contributed by atoms with Crippen molar-refractivity contribution in [2.24, 2.45) is 5.92 Å². The average molecular weight is 290 g/mol. The third kappa shape index (κ3) is 3.90. The van der Waals surface area contributed by atoms with Crippen LogP contribution in [-0.4, -0.2) is 58.1 Å². The number of aliphatic carboxylic acids is 1. The van der Waals surface area contributed by atoms with E-state index < -0.39 is 28.7 Å². The fourth-order valence-corrected chi connectivity index (χ4v) is 3.57. The van der Waals surface area contributed by atoms with E-state index in [2.05, 4.69) is 10.6 Å². The molecule has 2 atom stereocenters. The summed E-state index contributed by atoms with van der Waals surface area (Å²) in [5.74, 6) is -0.440. The van der Waals surface area contributed by atoms with E-state index >= 15 is 0 Å². The summed E-state index contributed by atoms with van der Waals surface area (Å²) in [6, 6.07) is -0.849. The van der Waals surface area contributed by atoms with E-state index in [1.165, 1.54) is 0 Å². The van der Waals surface area contributed by atoms with Gasteiger partial charge in [0.05, 0.1) is 19.3 Å². The first-order valence-electron chi connectivity index (χ1n) is 6.29. The van der Waals surface area contributed by atoms with E-state index in [1.54, 1.807) is 0 Å². The molecular formula is C11H18N2O5S. The molecule has 2 rings (SSSR count). The highest BCUT2D eigenvalue weighted by Crippen LogP contribution is 2.14. The van der Waals surface area contributed by atoms with Crippen LogP contribution in [0.3, 0.4) is 0 Å². The lowest BCUT2D eigenvalue weighted by Gasteiger charge is -2.24. The van der Waals surface area contributed by atoms with Crippen molar-refractivity contribution in [2.75, 3.05) is 24.7 Å². The second-order valence-corrected chi connectivity index (χ2v) is 6.52. The van der Waals surface area contributed by atoms with Crippen LogP contribution in [0.2, 0.25) is 0 Å². The molecule has 2 saturated heterocycles. The Bertz CT molecular complexity index is 379. The van der Waals surface area contributed by atoms with Gasteiger partial charge in [0.2, 0.25) is 0 Å². The Kier molecular flexibility index (Phi) is 4.76. The molecule has 2 amide bonds. The number of carbonyl (C=O) groups excluding carboxylic acids is 1. The summed E-state index contributed by atoms with van der Waals surface area (Å²) in [6.07, 6.45) is 1.40. The first kappa shape index (κ1) is 14.3. The third-order valence-electron chi connectivity index (χ3n) is 3.44. The van der Waals surface area contributed by atoms with Gasteiger partial charge in [-0.2, -0.15) is 0 Å². The standard InChI is InChI=1S/C11H18N2O5S/c14-10(15)8-5-18-6-9(8)13-11(16)12-7-1-3-19(17)4-2-7/h7-9H,1-6H2,(H,14,15)(H2,12,13,16). The summed E-state index contributed by atoms with van der Waals surface area (Å²) < 4.78 is 16.3. The minimum Gasteiger partial charge on any atom is -0.481 e. The van der Waals surface area contributed by atoms with Gasteiger partial charge in [-0.25, -0.2) is 4.79 Å². The van der Waals surface area contributed by atoms with Crippen molar-refractivity contribution in [3.63, 3.8) is 0 Å². The predicted octanol–water partition coefficient (Wildman–Crippen LogP) is -0.704. The Morgan fingerprint density at radius 1 is 1.16 bits per heavy atom. The maximum atomic E-state index is 11.8. The van der Waals surface area contributed by atoms with Crippen LogP contribution in [0.4, 0.5) is 4.79 Å². The summed E-state index contributed by atoms with van der Waals surface area (Å²) in [4.78, 5) is 22.7. The van der Waals surface area contributed by atoms with Gasteiger partial charge in [0.25, 0.3) is 0 Å². The Morgan fingerprint density at radius 3 is 2.47 bits per heavy atom. The van der Waals surface area contributed by atoms with Crippen LogP contribution in [0.1, 0.15) is 12.8 Å². The van der Waals surface area contributed by atoms with Gasteiger partial charge in [0, 0.05) is 28.3 Å². The monoisotopic (exact) mass is 290 g/mol. The topological polar surface area (TPSA) is 105 Å². The molecule has 0 spiro atoms. The van der Waals surface area contributed by atoms with Crippen molar-refractivity contribution in [1.29, 1.82) is 0 Å². The fraction of sp³-hybridized carbons (Fsp3) is 0.818. The Labute approximate surface area is 113 Å². The number of carboxylic acid groups (broad SMARTS) is 1. The van der Waals surface area contributed by atoms with Crippen LogP contribution in [-0.2, 0) is 20.3 Å². The molecule has 2 fully saturated rings. The predicted molar refractivity (Wildman–Crippen MR) is 68.3 cm³/mol. The molecule has 3 N–H and O–H groups in total. The highest BCUT2D eigenvalue weighted by Gasteiger charge is 2.35. The van der Waals surface area contributed by atoms with Crippen LogP contribution < -0.4 is 10.6 Å². The summed E-state index contributed by atoms with van der Waals surface area (Å²) in [6.45, 7) is 0.349. The molecule has 0 saturated carbocycles. The van der Waals surface area contributed by atoms with Gasteiger partial charge >= 0.3 is 12.0 Å². The van der Waals surface area contributed by atoms with E-state index in [9.17, 15) is 13.8 Å². The summed E-state index contributed by atoms with van der Waals surface area (Å²) in [5.41, 5.74) is 0. The van der Waals surface area contributed by atoms with Gasteiger partial charge in [-0.15, -0.1) is 0 Å². The molecule has 2 unspecified atom stereocenters. The maximum absolute atomic E-state index is 11.8. The van der Waals surface area contributed by atoms with Gasteiger partial charge in [-0.1, -0.05) is 0 Å². The maximum Gasteiger partial charge on any atom is 0.315 e. The van der Waals surface area contributed by atoms with Crippen molar-refractivity contribution in [3.05, 3.63) is 0 Å². The van der Waals surface area contributed by atoms with Crippen LogP contribution in [0.25, 0.3) is 0 Å². The minimum absolute atomic E-state index is 0.0169. The first-order valence-corrected chi connectivity index (χ1v) is 7.77. The number of ether oxygens (including phenoxy) is 1. The molecule has 0 aromatic carbocycles. The molecule has 8 heteroatoms. The van der Waals surface area contributed by atoms with E-state index in [0.717, 1.165) is 0 Å². The summed E-state index contributed by atoms with van der Waals surface area (Å²) in [5, 5.41) is 14.4. The number of carboxylic acids is 1. The zero-order chi connectivity index (χ0) is 13.8. The number of urea groups is 1. The van der Waals surface area contributed by atoms with Crippen LogP contribution in [0, 0.1) is 5.92 Å². The van der Waals surface area contributed by atoms with Crippen LogP contribution >= 0.6 is 0 Å². The molecule has 0 aromatic rings. The lowest BCUT2D eigenvalue weighted by Crippen LogP contribution is -2.51. The fourth-order valence-electron chi connectivity index (χ4n) is 2.27. The summed E-state index contributed by atoms with van der Waals surface area (Å²) in [7, 11) is -0.761. The van der Waals surface area contributed by atoms with Crippen molar-refractivity contribution < 1.29 is 23.6 Å².